The van der Waals surface area contributed by atoms with Crippen LogP contribution >= 0.6 is 0 Å². The monoisotopic (exact) mass is 262 g/mol. The van der Waals surface area contributed by atoms with Gasteiger partial charge in [-0.05, 0) is 50.3 Å². The topological polar surface area (TPSA) is 64.3 Å². The maximum atomic E-state index is 12.2. The van der Waals surface area contributed by atoms with Gasteiger partial charge < -0.3 is 15.8 Å². The number of amides is 1. The fourth-order valence-electron chi connectivity index (χ4n) is 2.20. The lowest BCUT2D eigenvalue weighted by atomic mass is 9.95. The highest BCUT2D eigenvalue weighted by atomic mass is 16.5. The smallest absolute Gasteiger partial charge is 0.240 e. The van der Waals surface area contributed by atoms with Crippen LogP contribution in [-0.4, -0.2) is 18.6 Å². The molecule has 0 aliphatic heterocycles. The number of ether oxygens (including phenoxy) is 1. The molecular formula is C15H22N2O2. The SMILES string of the molecule is COc1ccc(C(C)NC(=O)C(C)(N)C2CC2)cc1. The zero-order valence-electron chi connectivity index (χ0n) is 11.8. The molecule has 104 valence electrons. The molecule has 19 heavy (non-hydrogen) atoms. The summed E-state index contributed by atoms with van der Waals surface area (Å²) in [6.45, 7) is 3.78. The van der Waals surface area contributed by atoms with Gasteiger partial charge in [-0.15, -0.1) is 0 Å². The molecule has 0 aromatic heterocycles. The Hall–Kier alpha value is -1.55. The molecule has 4 nitrogen and oxygen atoms in total. The molecule has 1 aromatic rings. The van der Waals surface area contributed by atoms with Gasteiger partial charge in [-0.3, -0.25) is 4.79 Å². The quantitative estimate of drug-likeness (QED) is 0.853. The number of hydrogen-bond donors (Lipinski definition) is 2. The number of methoxy groups -OCH3 is 1. The molecule has 1 aliphatic rings. The highest BCUT2D eigenvalue weighted by Gasteiger charge is 2.44. The van der Waals surface area contributed by atoms with Crippen LogP contribution in [0.4, 0.5) is 0 Å². The lowest BCUT2D eigenvalue weighted by Crippen LogP contribution is -2.53. The van der Waals surface area contributed by atoms with Crippen molar-refractivity contribution in [3.8, 4) is 5.75 Å². The molecule has 0 saturated heterocycles. The van der Waals surface area contributed by atoms with Gasteiger partial charge in [0.1, 0.15) is 5.75 Å². The van der Waals surface area contributed by atoms with Crippen LogP contribution in [-0.2, 0) is 4.79 Å². The Balaban J connectivity index is 1.99. The van der Waals surface area contributed by atoms with Crippen LogP contribution in [0.5, 0.6) is 5.75 Å². The molecule has 0 spiro atoms. The third-order valence-electron chi connectivity index (χ3n) is 3.88. The minimum absolute atomic E-state index is 0.0555. The molecule has 2 unspecified atom stereocenters. The summed E-state index contributed by atoms with van der Waals surface area (Å²) in [6, 6.07) is 7.63. The molecule has 2 rings (SSSR count). The van der Waals surface area contributed by atoms with Gasteiger partial charge in [0.25, 0.3) is 0 Å². The Morgan fingerprint density at radius 3 is 2.47 bits per heavy atom. The molecule has 1 aromatic carbocycles. The van der Waals surface area contributed by atoms with Gasteiger partial charge in [0.2, 0.25) is 5.91 Å². The first-order chi connectivity index (χ1) is 8.95. The van der Waals surface area contributed by atoms with Crippen LogP contribution in [0.3, 0.4) is 0 Å². The maximum Gasteiger partial charge on any atom is 0.240 e. The summed E-state index contributed by atoms with van der Waals surface area (Å²) in [5.41, 5.74) is 6.40. The van der Waals surface area contributed by atoms with Crippen molar-refractivity contribution in [1.82, 2.24) is 5.32 Å². The molecule has 3 N–H and O–H groups in total. The molecule has 2 atom stereocenters. The summed E-state index contributed by atoms with van der Waals surface area (Å²) in [4.78, 5) is 12.2. The second-order valence-electron chi connectivity index (χ2n) is 5.53. The normalized spacial score (nSPS) is 19.4. The maximum absolute atomic E-state index is 12.2. The summed E-state index contributed by atoms with van der Waals surface area (Å²) in [5.74, 6) is 1.07. The van der Waals surface area contributed by atoms with Gasteiger partial charge in [-0.1, -0.05) is 12.1 Å². The van der Waals surface area contributed by atoms with E-state index in [0.717, 1.165) is 24.2 Å². The Morgan fingerprint density at radius 1 is 1.42 bits per heavy atom. The standard InChI is InChI=1S/C15H22N2O2/c1-10(11-4-8-13(19-3)9-5-11)17-14(18)15(2,16)12-6-7-12/h4-5,8-10,12H,6-7,16H2,1-3H3,(H,17,18). The molecule has 1 aliphatic carbocycles. The van der Waals surface area contributed by atoms with Crippen LogP contribution < -0.4 is 15.8 Å². The number of nitrogens with one attached hydrogen (secondary N) is 1. The van der Waals surface area contributed by atoms with Crippen LogP contribution in [0.15, 0.2) is 24.3 Å². The number of carbonyl (C=O) groups is 1. The Morgan fingerprint density at radius 2 is 2.00 bits per heavy atom. The van der Waals surface area contributed by atoms with Crippen molar-refractivity contribution < 1.29 is 9.53 Å². The third-order valence-corrected chi connectivity index (χ3v) is 3.88. The second-order valence-corrected chi connectivity index (χ2v) is 5.53. The molecule has 0 radical (unpaired) electrons. The highest BCUT2D eigenvalue weighted by molar-refractivity contribution is 5.86. The van der Waals surface area contributed by atoms with Gasteiger partial charge in [0.15, 0.2) is 0 Å². The van der Waals surface area contributed by atoms with E-state index in [2.05, 4.69) is 5.32 Å². The van der Waals surface area contributed by atoms with Gasteiger partial charge in [-0.25, -0.2) is 0 Å². The van der Waals surface area contributed by atoms with Crippen molar-refractivity contribution in [2.75, 3.05) is 7.11 Å². The van der Waals surface area contributed by atoms with Crippen molar-refractivity contribution in [2.45, 2.75) is 38.3 Å². The molecule has 1 saturated carbocycles. The van der Waals surface area contributed by atoms with Crippen LogP contribution in [0.1, 0.15) is 38.3 Å². The summed E-state index contributed by atoms with van der Waals surface area (Å²) < 4.78 is 5.12. The summed E-state index contributed by atoms with van der Waals surface area (Å²) in [7, 11) is 1.63. The zero-order valence-corrected chi connectivity index (χ0v) is 11.8. The van der Waals surface area contributed by atoms with Crippen LogP contribution in [0, 0.1) is 5.92 Å². The Kier molecular flexibility index (Phi) is 3.80. The van der Waals surface area contributed by atoms with Crippen molar-refractivity contribution in [3.63, 3.8) is 0 Å². The Labute approximate surface area is 114 Å². The molecule has 4 heteroatoms. The third kappa shape index (κ3) is 3.07. The fourth-order valence-corrected chi connectivity index (χ4v) is 2.20. The van der Waals surface area contributed by atoms with Crippen molar-refractivity contribution in [1.29, 1.82) is 0 Å². The molecule has 1 fully saturated rings. The molecule has 0 heterocycles. The average molecular weight is 262 g/mol. The first-order valence-electron chi connectivity index (χ1n) is 6.69. The summed E-state index contributed by atoms with van der Waals surface area (Å²) >= 11 is 0. The van der Waals surface area contributed by atoms with E-state index >= 15 is 0 Å². The van der Waals surface area contributed by atoms with Gasteiger partial charge >= 0.3 is 0 Å². The molecular weight excluding hydrogens is 240 g/mol. The van der Waals surface area contributed by atoms with E-state index in [9.17, 15) is 4.79 Å². The lowest BCUT2D eigenvalue weighted by molar-refractivity contribution is -0.127. The lowest BCUT2D eigenvalue weighted by Gasteiger charge is -2.26. The van der Waals surface area contributed by atoms with E-state index in [4.69, 9.17) is 10.5 Å². The fraction of sp³-hybridized carbons (Fsp3) is 0.533. The zero-order chi connectivity index (χ0) is 14.0. The van der Waals surface area contributed by atoms with Crippen LogP contribution in [0.25, 0.3) is 0 Å². The Bertz CT molecular complexity index is 450. The second kappa shape index (κ2) is 5.21. The summed E-state index contributed by atoms with van der Waals surface area (Å²) in [5, 5.41) is 2.99. The largest absolute Gasteiger partial charge is 0.497 e. The highest BCUT2D eigenvalue weighted by Crippen LogP contribution is 2.38. The number of nitrogens with two attached hydrogens (primary N) is 1. The van der Waals surface area contributed by atoms with Crippen molar-refractivity contribution in [2.24, 2.45) is 11.7 Å². The van der Waals surface area contributed by atoms with E-state index in [0.29, 0.717) is 5.92 Å². The minimum atomic E-state index is -0.749. The molecule has 1 amide bonds. The number of carbonyl (C=O) groups excluding carboxylic acids is 1. The average Bonchev–Trinajstić information content (AvgIpc) is 3.23. The minimum Gasteiger partial charge on any atom is -0.497 e. The van der Waals surface area contributed by atoms with Crippen molar-refractivity contribution in [3.05, 3.63) is 29.8 Å². The van der Waals surface area contributed by atoms with Crippen molar-refractivity contribution >= 4 is 5.91 Å². The van der Waals surface area contributed by atoms with E-state index < -0.39 is 5.54 Å². The first kappa shape index (κ1) is 13.9. The van der Waals surface area contributed by atoms with E-state index in [1.54, 1.807) is 7.11 Å². The van der Waals surface area contributed by atoms with Gasteiger partial charge in [0.05, 0.1) is 18.7 Å². The summed E-state index contributed by atoms with van der Waals surface area (Å²) in [6.07, 6.45) is 2.11. The number of hydrogen-bond acceptors (Lipinski definition) is 3. The predicted octanol–water partition coefficient (Wildman–Crippen LogP) is 2.00. The number of benzene rings is 1. The first-order valence-corrected chi connectivity index (χ1v) is 6.69. The predicted molar refractivity (Wildman–Crippen MR) is 74.9 cm³/mol. The van der Waals surface area contributed by atoms with E-state index in [1.165, 1.54) is 0 Å². The van der Waals surface area contributed by atoms with Crippen LogP contribution in [0.2, 0.25) is 0 Å². The van der Waals surface area contributed by atoms with E-state index in [1.807, 2.05) is 38.1 Å². The van der Waals surface area contributed by atoms with Gasteiger partial charge in [-0.2, -0.15) is 0 Å². The molecule has 0 bridgehead atoms. The van der Waals surface area contributed by atoms with Gasteiger partial charge in [0, 0.05) is 0 Å². The van der Waals surface area contributed by atoms with E-state index in [-0.39, 0.29) is 11.9 Å². The number of rotatable bonds is 5.